The number of rotatable bonds is 6. The van der Waals surface area contributed by atoms with Crippen LogP contribution >= 0.6 is 0 Å². The Bertz CT molecular complexity index is 264. The largest absolute Gasteiger partial charge is 0.480 e. The average molecular weight is 228 g/mol. The normalized spacial score (nSPS) is 14.0. The van der Waals surface area contributed by atoms with Gasteiger partial charge in [-0.05, 0) is 19.3 Å². The summed E-state index contributed by atoms with van der Waals surface area (Å²) in [5, 5.41) is 13.9. The van der Waals surface area contributed by atoms with Crippen molar-refractivity contribution in [3.8, 4) is 0 Å². The third-order valence-electron chi connectivity index (χ3n) is 2.12. The molecule has 0 heterocycles. The van der Waals surface area contributed by atoms with Gasteiger partial charge < -0.3 is 15.7 Å². The van der Waals surface area contributed by atoms with Crippen LogP contribution in [0.25, 0.3) is 0 Å². The van der Waals surface area contributed by atoms with Crippen molar-refractivity contribution < 1.29 is 14.7 Å². The highest BCUT2D eigenvalue weighted by molar-refractivity contribution is 5.82. The lowest BCUT2D eigenvalue weighted by atomic mass is 10.1. The van der Waals surface area contributed by atoms with Crippen molar-refractivity contribution in [1.29, 1.82) is 0 Å². The van der Waals surface area contributed by atoms with E-state index >= 15 is 0 Å². The number of urea groups is 1. The van der Waals surface area contributed by atoms with Gasteiger partial charge in [-0.3, -0.25) is 0 Å². The Morgan fingerprint density at radius 2 is 1.88 bits per heavy atom. The number of aliphatic carboxylic acids is 1. The van der Waals surface area contributed by atoms with Crippen LogP contribution in [-0.4, -0.2) is 29.2 Å². The second-order valence-electron chi connectivity index (χ2n) is 4.10. The molecule has 0 saturated carbocycles. The molecule has 0 aliphatic carbocycles. The van der Waals surface area contributed by atoms with Crippen LogP contribution in [0.3, 0.4) is 0 Å². The highest BCUT2D eigenvalue weighted by Gasteiger charge is 2.23. The number of nitrogens with one attached hydrogen (secondary N) is 2. The van der Waals surface area contributed by atoms with E-state index in [-0.39, 0.29) is 12.0 Å². The first-order valence-corrected chi connectivity index (χ1v) is 5.29. The van der Waals surface area contributed by atoms with E-state index in [9.17, 15) is 9.59 Å². The summed E-state index contributed by atoms with van der Waals surface area (Å²) in [6.07, 6.45) is 2.34. The van der Waals surface area contributed by atoms with Crippen molar-refractivity contribution in [3.63, 3.8) is 0 Å². The van der Waals surface area contributed by atoms with Gasteiger partial charge in [0, 0.05) is 6.04 Å². The number of carboxylic acids is 1. The van der Waals surface area contributed by atoms with Crippen molar-refractivity contribution >= 4 is 12.0 Å². The average Bonchev–Trinajstić information content (AvgIpc) is 2.13. The van der Waals surface area contributed by atoms with Crippen molar-refractivity contribution in [3.05, 3.63) is 12.7 Å². The molecule has 0 saturated heterocycles. The highest BCUT2D eigenvalue weighted by Crippen LogP contribution is 2.01. The van der Waals surface area contributed by atoms with Gasteiger partial charge in [0.15, 0.2) is 0 Å². The third kappa shape index (κ3) is 5.38. The van der Waals surface area contributed by atoms with E-state index in [2.05, 4.69) is 17.2 Å². The molecule has 0 radical (unpaired) electrons. The van der Waals surface area contributed by atoms with Gasteiger partial charge in [0.25, 0.3) is 0 Å². The van der Waals surface area contributed by atoms with Crippen LogP contribution in [0.4, 0.5) is 4.79 Å². The molecular formula is C11H20N2O3. The predicted octanol–water partition coefficient (Wildman–Crippen LogP) is 1.36. The molecular weight excluding hydrogens is 208 g/mol. The lowest BCUT2D eigenvalue weighted by Crippen LogP contribution is -2.50. The Hall–Kier alpha value is -1.52. The summed E-state index contributed by atoms with van der Waals surface area (Å²) >= 11 is 0. The second kappa shape index (κ2) is 6.87. The summed E-state index contributed by atoms with van der Waals surface area (Å²) in [5.41, 5.74) is 0. The van der Waals surface area contributed by atoms with E-state index in [1.54, 1.807) is 19.9 Å². The molecule has 1 unspecified atom stereocenters. The first-order chi connectivity index (χ1) is 7.38. The summed E-state index contributed by atoms with van der Waals surface area (Å²) < 4.78 is 0. The molecule has 5 heteroatoms. The van der Waals surface area contributed by atoms with Gasteiger partial charge in [0.1, 0.15) is 6.04 Å². The van der Waals surface area contributed by atoms with Crippen LogP contribution in [0.5, 0.6) is 0 Å². The summed E-state index contributed by atoms with van der Waals surface area (Å²) in [6.45, 7) is 8.87. The molecule has 0 aromatic rings. The van der Waals surface area contributed by atoms with E-state index in [4.69, 9.17) is 5.11 Å². The lowest BCUT2D eigenvalue weighted by molar-refractivity contribution is -0.140. The van der Waals surface area contributed by atoms with E-state index in [0.29, 0.717) is 6.42 Å². The maximum atomic E-state index is 11.4. The van der Waals surface area contributed by atoms with Gasteiger partial charge in [-0.25, -0.2) is 9.59 Å². The van der Waals surface area contributed by atoms with Crippen LogP contribution in [0, 0.1) is 5.92 Å². The van der Waals surface area contributed by atoms with Crippen molar-refractivity contribution in [2.45, 2.75) is 39.3 Å². The summed E-state index contributed by atoms with van der Waals surface area (Å²) in [4.78, 5) is 22.3. The monoisotopic (exact) mass is 228 g/mol. The maximum Gasteiger partial charge on any atom is 0.326 e. The minimum Gasteiger partial charge on any atom is -0.480 e. The number of carbonyl (C=O) groups excluding carboxylic acids is 1. The Balaban J connectivity index is 4.20. The quantitative estimate of drug-likeness (QED) is 0.601. The standard InChI is InChI=1S/C11H20N2O3/c1-5-6-8(4)12-11(16)13-9(7(2)3)10(14)15/h5,7-9H,1,6H2,2-4H3,(H,14,15)(H2,12,13,16)/t8?,9-/m0/s1. The van der Waals surface area contributed by atoms with Gasteiger partial charge in [-0.15, -0.1) is 6.58 Å². The Morgan fingerprint density at radius 3 is 2.25 bits per heavy atom. The van der Waals surface area contributed by atoms with Crippen molar-refractivity contribution in [2.24, 2.45) is 5.92 Å². The lowest BCUT2D eigenvalue weighted by Gasteiger charge is -2.20. The fourth-order valence-electron chi connectivity index (χ4n) is 1.23. The van der Waals surface area contributed by atoms with Gasteiger partial charge in [-0.1, -0.05) is 19.9 Å². The summed E-state index contributed by atoms with van der Waals surface area (Å²) in [6, 6.07) is -1.38. The fourth-order valence-corrected chi connectivity index (χ4v) is 1.23. The molecule has 2 amide bonds. The topological polar surface area (TPSA) is 78.4 Å². The van der Waals surface area contributed by atoms with Gasteiger partial charge in [-0.2, -0.15) is 0 Å². The first-order valence-electron chi connectivity index (χ1n) is 5.29. The molecule has 0 aromatic heterocycles. The minimum atomic E-state index is -1.03. The maximum absolute atomic E-state index is 11.4. The molecule has 0 aliphatic heterocycles. The minimum absolute atomic E-state index is 0.0564. The molecule has 0 aromatic carbocycles. The SMILES string of the molecule is C=CCC(C)NC(=O)N[C@H](C(=O)O)C(C)C. The summed E-state index contributed by atoms with van der Waals surface area (Å²) in [7, 11) is 0. The van der Waals surface area contributed by atoms with E-state index in [1.807, 2.05) is 6.92 Å². The van der Waals surface area contributed by atoms with Crippen molar-refractivity contribution in [1.82, 2.24) is 10.6 Å². The second-order valence-corrected chi connectivity index (χ2v) is 4.10. The molecule has 0 spiro atoms. The number of hydrogen-bond donors (Lipinski definition) is 3. The molecule has 2 atom stereocenters. The smallest absolute Gasteiger partial charge is 0.326 e. The van der Waals surface area contributed by atoms with Crippen LogP contribution in [0.1, 0.15) is 27.2 Å². The predicted molar refractivity (Wildman–Crippen MR) is 62.2 cm³/mol. The van der Waals surface area contributed by atoms with Crippen molar-refractivity contribution in [2.75, 3.05) is 0 Å². The molecule has 0 bridgehead atoms. The van der Waals surface area contributed by atoms with E-state index in [0.717, 1.165) is 0 Å². The number of amides is 2. The number of hydrogen-bond acceptors (Lipinski definition) is 2. The molecule has 0 fully saturated rings. The van der Waals surface area contributed by atoms with Crippen LogP contribution in [-0.2, 0) is 4.79 Å². The molecule has 5 nitrogen and oxygen atoms in total. The van der Waals surface area contributed by atoms with E-state index < -0.39 is 18.0 Å². The first kappa shape index (κ1) is 14.5. The molecule has 0 rings (SSSR count). The zero-order valence-electron chi connectivity index (χ0n) is 9.99. The Kier molecular flexibility index (Phi) is 6.22. The van der Waals surface area contributed by atoms with Gasteiger partial charge in [0.05, 0.1) is 0 Å². The van der Waals surface area contributed by atoms with Gasteiger partial charge >= 0.3 is 12.0 Å². The number of carbonyl (C=O) groups is 2. The van der Waals surface area contributed by atoms with E-state index in [1.165, 1.54) is 0 Å². The fraction of sp³-hybridized carbons (Fsp3) is 0.636. The third-order valence-corrected chi connectivity index (χ3v) is 2.12. The Morgan fingerprint density at radius 1 is 1.31 bits per heavy atom. The van der Waals surface area contributed by atoms with Crippen LogP contribution in [0.2, 0.25) is 0 Å². The molecule has 16 heavy (non-hydrogen) atoms. The molecule has 0 aliphatic rings. The zero-order valence-corrected chi connectivity index (χ0v) is 9.99. The Labute approximate surface area is 95.9 Å². The van der Waals surface area contributed by atoms with Gasteiger partial charge in [0.2, 0.25) is 0 Å². The molecule has 92 valence electrons. The molecule has 3 N–H and O–H groups in total. The van der Waals surface area contributed by atoms with Crippen LogP contribution < -0.4 is 10.6 Å². The van der Waals surface area contributed by atoms with Crippen LogP contribution in [0.15, 0.2) is 12.7 Å². The highest BCUT2D eigenvalue weighted by atomic mass is 16.4. The zero-order chi connectivity index (χ0) is 12.7. The summed E-state index contributed by atoms with van der Waals surface area (Å²) in [5.74, 6) is -1.18. The number of carboxylic acid groups (broad SMARTS) is 1.